The number of anilines is 2. The molecule has 0 radical (unpaired) electrons. The molecule has 6 nitrogen and oxygen atoms in total. The Morgan fingerprint density at radius 3 is 2.61 bits per heavy atom. The Bertz CT molecular complexity index is 1070. The van der Waals surface area contributed by atoms with Crippen molar-refractivity contribution in [3.8, 4) is 5.75 Å². The molecule has 2 aromatic rings. The molecule has 3 atom stereocenters. The molecule has 1 aliphatic heterocycles. The van der Waals surface area contributed by atoms with Crippen LogP contribution in [0.25, 0.3) is 0 Å². The van der Waals surface area contributed by atoms with E-state index in [0.29, 0.717) is 29.4 Å². The summed E-state index contributed by atoms with van der Waals surface area (Å²) < 4.78 is 10.5. The summed E-state index contributed by atoms with van der Waals surface area (Å²) in [5.74, 6) is -1.17. The number of allylic oxidation sites excluding steroid dienone is 1. The van der Waals surface area contributed by atoms with Crippen LogP contribution in [0.2, 0.25) is 5.02 Å². The van der Waals surface area contributed by atoms with Gasteiger partial charge in [0.2, 0.25) is 0 Å². The van der Waals surface area contributed by atoms with E-state index < -0.39 is 17.9 Å². The molecule has 0 bridgehead atoms. The normalized spacial score (nSPS) is 22.5. The minimum atomic E-state index is -0.839. The predicted octanol–water partition coefficient (Wildman–Crippen LogP) is 4.97. The maximum atomic E-state index is 13.6. The fourth-order valence-electron chi connectivity index (χ4n) is 4.35. The predicted molar refractivity (Wildman–Crippen MR) is 120 cm³/mol. The van der Waals surface area contributed by atoms with Gasteiger partial charge in [-0.15, -0.1) is 0 Å². The second-order valence-electron chi connectivity index (χ2n) is 7.81. The number of para-hydroxylation sites is 2. The molecule has 0 unspecified atom stereocenters. The van der Waals surface area contributed by atoms with Crippen LogP contribution in [0.5, 0.6) is 5.75 Å². The fraction of sp³-hybridized carbons (Fsp3) is 0.333. The largest absolute Gasteiger partial charge is 0.492 e. The van der Waals surface area contributed by atoms with E-state index in [2.05, 4.69) is 10.6 Å². The van der Waals surface area contributed by atoms with E-state index in [-0.39, 0.29) is 11.7 Å². The quantitative estimate of drug-likeness (QED) is 0.516. The summed E-state index contributed by atoms with van der Waals surface area (Å²) in [7, 11) is 1.31. The summed E-state index contributed by atoms with van der Waals surface area (Å²) >= 11 is 6.46. The Morgan fingerprint density at radius 2 is 1.94 bits per heavy atom. The van der Waals surface area contributed by atoms with Crippen molar-refractivity contribution in [2.45, 2.75) is 26.3 Å². The summed E-state index contributed by atoms with van der Waals surface area (Å²) in [6.07, 6.45) is 0.554. The Kier molecular flexibility index (Phi) is 5.92. The number of esters is 1. The molecule has 2 aliphatic rings. The van der Waals surface area contributed by atoms with Crippen molar-refractivity contribution in [1.29, 1.82) is 0 Å². The number of rotatable bonds is 4. The topological polar surface area (TPSA) is 76.7 Å². The van der Waals surface area contributed by atoms with Gasteiger partial charge in [-0.05, 0) is 49.1 Å². The molecule has 0 saturated carbocycles. The van der Waals surface area contributed by atoms with Crippen LogP contribution >= 0.6 is 11.6 Å². The zero-order valence-corrected chi connectivity index (χ0v) is 18.5. The van der Waals surface area contributed by atoms with E-state index in [9.17, 15) is 9.59 Å². The molecule has 1 aliphatic carbocycles. The molecule has 0 spiro atoms. The first-order chi connectivity index (χ1) is 14.9. The monoisotopic (exact) mass is 440 g/mol. The van der Waals surface area contributed by atoms with Crippen LogP contribution < -0.4 is 15.4 Å². The molecule has 7 heteroatoms. The first-order valence-electron chi connectivity index (χ1n) is 10.3. The molecular formula is C24H25ClN2O4. The average molecular weight is 441 g/mol. The van der Waals surface area contributed by atoms with Gasteiger partial charge in [0.15, 0.2) is 5.78 Å². The summed E-state index contributed by atoms with van der Waals surface area (Å²) in [5, 5.41) is 7.38. The van der Waals surface area contributed by atoms with E-state index in [0.717, 1.165) is 22.6 Å². The third kappa shape index (κ3) is 3.88. The average Bonchev–Trinajstić information content (AvgIpc) is 2.91. The number of methoxy groups -OCH3 is 1. The molecule has 1 heterocycles. The molecular weight excluding hydrogens is 416 g/mol. The summed E-state index contributed by atoms with van der Waals surface area (Å²) in [6, 6.07) is 12.8. The molecule has 0 saturated heterocycles. The van der Waals surface area contributed by atoms with Crippen LogP contribution in [0.1, 0.15) is 31.9 Å². The Labute approximate surface area is 186 Å². The summed E-state index contributed by atoms with van der Waals surface area (Å²) in [4.78, 5) is 26.1. The van der Waals surface area contributed by atoms with Gasteiger partial charge in [0.25, 0.3) is 0 Å². The number of carbonyl (C=O) groups excluding carboxylic acids is 2. The SMILES string of the molecule is CCOc1ccc([C@@H]2Nc3ccccc3NC3=C2C(=O)[C@@H](C(=O)OC)[C@H](C)C3)cc1Cl. The van der Waals surface area contributed by atoms with Crippen LogP contribution in [0.3, 0.4) is 0 Å². The lowest BCUT2D eigenvalue weighted by molar-refractivity contribution is -0.151. The number of carbonyl (C=O) groups is 2. The first kappa shape index (κ1) is 21.2. The lowest BCUT2D eigenvalue weighted by atomic mass is 9.75. The van der Waals surface area contributed by atoms with Crippen LogP contribution in [-0.2, 0) is 14.3 Å². The second-order valence-corrected chi connectivity index (χ2v) is 8.22. The molecule has 4 rings (SSSR count). The Morgan fingerprint density at radius 1 is 1.19 bits per heavy atom. The second kappa shape index (κ2) is 8.63. The number of Topliss-reactive ketones (excluding diaryl/α,β-unsaturated/α-hetero) is 1. The zero-order valence-electron chi connectivity index (χ0n) is 17.7. The third-order valence-electron chi connectivity index (χ3n) is 5.81. The van der Waals surface area contributed by atoms with Crippen LogP contribution in [0.15, 0.2) is 53.7 Å². The summed E-state index contributed by atoms with van der Waals surface area (Å²) in [6.45, 7) is 4.30. The lowest BCUT2D eigenvalue weighted by Crippen LogP contribution is -2.39. The maximum Gasteiger partial charge on any atom is 0.316 e. The van der Waals surface area contributed by atoms with Crippen molar-refractivity contribution >= 4 is 34.7 Å². The Hall–Kier alpha value is -2.99. The van der Waals surface area contributed by atoms with Crippen molar-refractivity contribution in [3.05, 3.63) is 64.3 Å². The number of fused-ring (bicyclic) bond motifs is 1. The number of nitrogens with one attached hydrogen (secondary N) is 2. The molecule has 2 aromatic carbocycles. The standard InChI is InChI=1S/C24H25ClN2O4/c1-4-31-19-10-9-14(12-15(19)25)22-21-18(26-16-7-5-6-8-17(16)27-22)11-13(2)20(23(21)28)24(29)30-3/h5-10,12-13,20,22,26-27H,4,11H2,1-3H3/t13-,20+,22+/m1/s1. The van der Waals surface area contributed by atoms with Crippen molar-refractivity contribution < 1.29 is 19.1 Å². The van der Waals surface area contributed by atoms with E-state index in [1.165, 1.54) is 7.11 Å². The minimum absolute atomic E-state index is 0.180. The van der Waals surface area contributed by atoms with Gasteiger partial charge < -0.3 is 20.1 Å². The summed E-state index contributed by atoms with van der Waals surface area (Å²) in [5.41, 5.74) is 3.90. The number of halogens is 1. The van der Waals surface area contributed by atoms with E-state index in [1.54, 1.807) is 12.1 Å². The smallest absolute Gasteiger partial charge is 0.316 e. The highest BCUT2D eigenvalue weighted by Gasteiger charge is 2.44. The van der Waals surface area contributed by atoms with Crippen molar-refractivity contribution in [2.75, 3.05) is 24.4 Å². The van der Waals surface area contributed by atoms with Gasteiger partial charge in [-0.3, -0.25) is 9.59 Å². The highest BCUT2D eigenvalue weighted by atomic mass is 35.5. The maximum absolute atomic E-state index is 13.6. The molecule has 31 heavy (non-hydrogen) atoms. The van der Waals surface area contributed by atoms with Gasteiger partial charge in [-0.25, -0.2) is 0 Å². The molecule has 162 valence electrons. The molecule has 0 aromatic heterocycles. The van der Waals surface area contributed by atoms with Gasteiger partial charge in [-0.1, -0.05) is 36.7 Å². The van der Waals surface area contributed by atoms with E-state index >= 15 is 0 Å². The van der Waals surface area contributed by atoms with E-state index in [1.807, 2.05) is 44.2 Å². The lowest BCUT2D eigenvalue weighted by Gasteiger charge is -2.32. The van der Waals surface area contributed by atoms with E-state index in [4.69, 9.17) is 21.1 Å². The number of ether oxygens (including phenoxy) is 2. The molecule has 0 amide bonds. The third-order valence-corrected chi connectivity index (χ3v) is 6.11. The van der Waals surface area contributed by atoms with Gasteiger partial charge in [0.1, 0.15) is 11.7 Å². The van der Waals surface area contributed by atoms with Crippen LogP contribution in [0, 0.1) is 11.8 Å². The fourth-order valence-corrected chi connectivity index (χ4v) is 4.60. The minimum Gasteiger partial charge on any atom is -0.492 e. The zero-order chi connectivity index (χ0) is 22.1. The van der Waals surface area contributed by atoms with Crippen molar-refractivity contribution in [2.24, 2.45) is 11.8 Å². The van der Waals surface area contributed by atoms with Crippen LogP contribution in [0.4, 0.5) is 11.4 Å². The number of hydrogen-bond donors (Lipinski definition) is 2. The highest BCUT2D eigenvalue weighted by Crippen LogP contribution is 2.44. The molecule has 2 N–H and O–H groups in total. The number of ketones is 1. The highest BCUT2D eigenvalue weighted by molar-refractivity contribution is 6.32. The van der Waals surface area contributed by atoms with Gasteiger partial charge in [0, 0.05) is 11.3 Å². The molecule has 0 fully saturated rings. The van der Waals surface area contributed by atoms with Gasteiger partial charge in [-0.2, -0.15) is 0 Å². The number of hydrogen-bond acceptors (Lipinski definition) is 6. The van der Waals surface area contributed by atoms with Gasteiger partial charge >= 0.3 is 5.97 Å². The number of benzene rings is 2. The van der Waals surface area contributed by atoms with Crippen LogP contribution in [-0.4, -0.2) is 25.5 Å². The van der Waals surface area contributed by atoms with Crippen molar-refractivity contribution in [1.82, 2.24) is 0 Å². The van der Waals surface area contributed by atoms with Gasteiger partial charge in [0.05, 0.1) is 36.2 Å². The first-order valence-corrected chi connectivity index (χ1v) is 10.7. The Balaban J connectivity index is 1.85. The van der Waals surface area contributed by atoms with Crippen molar-refractivity contribution in [3.63, 3.8) is 0 Å².